The number of hydrogen-bond donors (Lipinski definition) is 0. The Hall–Kier alpha value is -3.32. The summed E-state index contributed by atoms with van der Waals surface area (Å²) < 4.78 is 5.47. The SMILES string of the molecule is C#Cc1cccc(N(Cc2ccncc2)C(=O)C2CC2c2ccco2)c1. The van der Waals surface area contributed by atoms with Crippen molar-refractivity contribution >= 4 is 11.6 Å². The van der Waals surface area contributed by atoms with Crippen LogP contribution in [0.5, 0.6) is 0 Å². The van der Waals surface area contributed by atoms with Crippen molar-refractivity contribution in [3.8, 4) is 12.3 Å². The fourth-order valence-electron chi connectivity index (χ4n) is 3.22. The molecule has 0 N–H and O–H groups in total. The van der Waals surface area contributed by atoms with Gasteiger partial charge in [-0.25, -0.2) is 0 Å². The number of carbonyl (C=O) groups is 1. The fourth-order valence-corrected chi connectivity index (χ4v) is 3.22. The van der Waals surface area contributed by atoms with E-state index < -0.39 is 0 Å². The van der Waals surface area contributed by atoms with Crippen LogP contribution in [0.15, 0.2) is 71.6 Å². The predicted octanol–water partition coefficient (Wildman–Crippen LogP) is 3.99. The molecule has 1 aliphatic carbocycles. The minimum atomic E-state index is -0.0579. The van der Waals surface area contributed by atoms with Crippen molar-refractivity contribution in [3.05, 3.63) is 84.1 Å². The van der Waals surface area contributed by atoms with Gasteiger partial charge in [-0.3, -0.25) is 9.78 Å². The van der Waals surface area contributed by atoms with Crippen LogP contribution < -0.4 is 4.90 Å². The van der Waals surface area contributed by atoms with Crippen molar-refractivity contribution in [2.45, 2.75) is 18.9 Å². The van der Waals surface area contributed by atoms with E-state index in [9.17, 15) is 4.79 Å². The summed E-state index contributed by atoms with van der Waals surface area (Å²) in [4.78, 5) is 19.1. The standard InChI is InChI=1S/C22H18N2O2/c1-2-16-5-3-6-18(13-16)24(15-17-8-10-23-11-9-17)22(25)20-14-19(20)21-7-4-12-26-21/h1,3-13,19-20H,14-15H2. The first-order chi connectivity index (χ1) is 12.8. The molecule has 0 bridgehead atoms. The van der Waals surface area contributed by atoms with Gasteiger partial charge in [-0.05, 0) is 54.4 Å². The van der Waals surface area contributed by atoms with Gasteiger partial charge in [-0.15, -0.1) is 6.42 Å². The van der Waals surface area contributed by atoms with Gasteiger partial charge in [0.05, 0.1) is 12.8 Å². The molecule has 4 heteroatoms. The van der Waals surface area contributed by atoms with Crippen molar-refractivity contribution in [2.75, 3.05) is 4.90 Å². The number of anilines is 1. The van der Waals surface area contributed by atoms with E-state index in [0.29, 0.717) is 6.54 Å². The molecule has 0 spiro atoms. The van der Waals surface area contributed by atoms with Crippen molar-refractivity contribution < 1.29 is 9.21 Å². The summed E-state index contributed by atoms with van der Waals surface area (Å²) >= 11 is 0. The van der Waals surface area contributed by atoms with Crippen LogP contribution in [0.2, 0.25) is 0 Å². The minimum absolute atomic E-state index is 0.0579. The average molecular weight is 342 g/mol. The molecule has 128 valence electrons. The lowest BCUT2D eigenvalue weighted by Gasteiger charge is -2.23. The molecule has 1 aliphatic rings. The zero-order chi connectivity index (χ0) is 17.9. The van der Waals surface area contributed by atoms with Crippen molar-refractivity contribution in [2.24, 2.45) is 5.92 Å². The summed E-state index contributed by atoms with van der Waals surface area (Å²) in [5.41, 5.74) is 2.59. The van der Waals surface area contributed by atoms with Crippen LogP contribution in [0.4, 0.5) is 5.69 Å². The molecule has 26 heavy (non-hydrogen) atoms. The Morgan fingerprint density at radius 3 is 2.81 bits per heavy atom. The normalized spacial score (nSPS) is 18.1. The molecule has 2 heterocycles. The van der Waals surface area contributed by atoms with Crippen LogP contribution in [0, 0.1) is 18.3 Å². The van der Waals surface area contributed by atoms with Crippen LogP contribution in [-0.4, -0.2) is 10.9 Å². The first kappa shape index (κ1) is 16.2. The maximum absolute atomic E-state index is 13.2. The first-order valence-corrected chi connectivity index (χ1v) is 8.56. The third-order valence-corrected chi connectivity index (χ3v) is 4.70. The minimum Gasteiger partial charge on any atom is -0.469 e. The molecule has 2 unspecified atom stereocenters. The van der Waals surface area contributed by atoms with Crippen molar-refractivity contribution in [1.82, 2.24) is 4.98 Å². The quantitative estimate of drug-likeness (QED) is 0.659. The second kappa shape index (κ2) is 6.89. The highest BCUT2D eigenvalue weighted by Crippen LogP contribution is 2.49. The Morgan fingerprint density at radius 1 is 1.23 bits per heavy atom. The predicted molar refractivity (Wildman–Crippen MR) is 99.4 cm³/mol. The molecule has 2 atom stereocenters. The Morgan fingerprint density at radius 2 is 2.08 bits per heavy atom. The van der Waals surface area contributed by atoms with E-state index in [1.807, 2.05) is 53.4 Å². The zero-order valence-electron chi connectivity index (χ0n) is 14.2. The number of carbonyl (C=O) groups excluding carboxylic acids is 1. The van der Waals surface area contributed by atoms with Gasteiger partial charge in [0.15, 0.2) is 0 Å². The number of nitrogens with zero attached hydrogens (tertiary/aromatic N) is 2. The van der Waals surface area contributed by atoms with Gasteiger partial charge in [0.25, 0.3) is 0 Å². The summed E-state index contributed by atoms with van der Waals surface area (Å²) in [5.74, 6) is 3.71. The summed E-state index contributed by atoms with van der Waals surface area (Å²) in [6, 6.07) is 15.2. The Bertz CT molecular complexity index is 942. The van der Waals surface area contributed by atoms with Crippen LogP contribution >= 0.6 is 0 Å². The molecule has 0 aliphatic heterocycles. The molecule has 1 fully saturated rings. The molecule has 1 amide bonds. The average Bonchev–Trinajstić information content (AvgIpc) is 3.31. The Kier molecular flexibility index (Phi) is 4.28. The molecule has 2 aromatic heterocycles. The lowest BCUT2D eigenvalue weighted by Crippen LogP contribution is -2.32. The number of hydrogen-bond acceptors (Lipinski definition) is 3. The van der Waals surface area contributed by atoms with Crippen molar-refractivity contribution in [3.63, 3.8) is 0 Å². The van der Waals surface area contributed by atoms with Crippen LogP contribution in [0.1, 0.15) is 29.2 Å². The number of benzene rings is 1. The van der Waals surface area contributed by atoms with E-state index in [1.54, 1.807) is 18.7 Å². The van der Waals surface area contributed by atoms with E-state index in [2.05, 4.69) is 10.9 Å². The summed E-state index contributed by atoms with van der Waals surface area (Å²) in [7, 11) is 0. The topological polar surface area (TPSA) is 46.3 Å². The van der Waals surface area contributed by atoms with E-state index in [1.165, 1.54) is 0 Å². The van der Waals surface area contributed by atoms with Gasteiger partial charge < -0.3 is 9.32 Å². The Balaban J connectivity index is 1.62. The van der Waals surface area contributed by atoms with Gasteiger partial charge >= 0.3 is 0 Å². The molecule has 4 nitrogen and oxygen atoms in total. The Labute approximate surface area is 152 Å². The number of pyridine rings is 1. The number of furan rings is 1. The highest BCUT2D eigenvalue weighted by Gasteiger charge is 2.47. The van der Waals surface area contributed by atoms with Crippen molar-refractivity contribution in [1.29, 1.82) is 0 Å². The highest BCUT2D eigenvalue weighted by atomic mass is 16.3. The van der Waals surface area contributed by atoms with E-state index >= 15 is 0 Å². The molecule has 0 radical (unpaired) electrons. The third kappa shape index (κ3) is 3.25. The molecule has 3 aromatic rings. The van der Waals surface area contributed by atoms with Gasteiger partial charge in [-0.2, -0.15) is 0 Å². The van der Waals surface area contributed by atoms with Crippen LogP contribution in [0.3, 0.4) is 0 Å². The largest absolute Gasteiger partial charge is 0.469 e. The fraction of sp³-hybridized carbons (Fsp3) is 0.182. The number of terminal acetylenes is 1. The molecule has 1 saturated carbocycles. The van der Waals surface area contributed by atoms with Gasteiger partial charge in [0.2, 0.25) is 5.91 Å². The summed E-state index contributed by atoms with van der Waals surface area (Å²) in [6.45, 7) is 0.483. The van der Waals surface area contributed by atoms with Crippen LogP contribution in [0.25, 0.3) is 0 Å². The van der Waals surface area contributed by atoms with E-state index in [4.69, 9.17) is 10.8 Å². The second-order valence-corrected chi connectivity index (χ2v) is 6.44. The molecule has 0 saturated heterocycles. The molecule has 1 aromatic carbocycles. The van der Waals surface area contributed by atoms with E-state index in [0.717, 1.165) is 29.0 Å². The molecular weight excluding hydrogens is 324 g/mol. The number of aromatic nitrogens is 1. The van der Waals surface area contributed by atoms with E-state index in [-0.39, 0.29) is 17.7 Å². The molecular formula is C22H18N2O2. The smallest absolute Gasteiger partial charge is 0.231 e. The number of rotatable bonds is 5. The lowest BCUT2D eigenvalue weighted by molar-refractivity contribution is -0.120. The van der Waals surface area contributed by atoms with Gasteiger partial charge in [0, 0.05) is 35.5 Å². The second-order valence-electron chi connectivity index (χ2n) is 6.44. The summed E-state index contributed by atoms with van der Waals surface area (Å²) in [6.07, 6.45) is 11.5. The van der Waals surface area contributed by atoms with Gasteiger partial charge in [-0.1, -0.05) is 12.0 Å². The zero-order valence-corrected chi connectivity index (χ0v) is 14.2. The lowest BCUT2D eigenvalue weighted by atomic mass is 10.1. The van der Waals surface area contributed by atoms with Crippen LogP contribution in [-0.2, 0) is 11.3 Å². The highest BCUT2D eigenvalue weighted by molar-refractivity contribution is 5.97. The van der Waals surface area contributed by atoms with Gasteiger partial charge in [0.1, 0.15) is 5.76 Å². The number of amides is 1. The third-order valence-electron chi connectivity index (χ3n) is 4.70. The summed E-state index contributed by atoms with van der Waals surface area (Å²) in [5, 5.41) is 0. The maximum atomic E-state index is 13.2. The first-order valence-electron chi connectivity index (χ1n) is 8.56. The maximum Gasteiger partial charge on any atom is 0.231 e. The monoisotopic (exact) mass is 342 g/mol. The molecule has 4 rings (SSSR count).